The van der Waals surface area contributed by atoms with Gasteiger partial charge in [0.1, 0.15) is 18.3 Å². The predicted molar refractivity (Wildman–Crippen MR) is 105 cm³/mol. The molecule has 16 nitrogen and oxygen atoms in total. The number of esters is 1. The number of nitrogen functional groups attached to an aromatic ring is 1. The highest BCUT2D eigenvalue weighted by molar-refractivity contribution is 7.54. The number of carboxylic acid groups (broad SMARTS) is 1. The molecule has 0 unspecified atom stereocenters. The number of aromatic nitrogens is 4. The van der Waals surface area contributed by atoms with E-state index in [9.17, 15) is 38.5 Å². The third-order valence-electron chi connectivity index (χ3n) is 4.97. The normalized spacial score (nSPS) is 24.8. The summed E-state index contributed by atoms with van der Waals surface area (Å²) in [6.07, 6.45) is -8.04. The number of carbonyl (C=O) groups excluding carboxylic acids is 1. The van der Waals surface area contributed by atoms with Gasteiger partial charge in [0.25, 0.3) is 5.34 Å². The van der Waals surface area contributed by atoms with E-state index in [1.165, 1.54) is 6.92 Å². The average molecular weight is 509 g/mol. The van der Waals surface area contributed by atoms with E-state index in [0.717, 1.165) is 10.9 Å². The molecule has 3 heterocycles. The van der Waals surface area contributed by atoms with Crippen molar-refractivity contribution in [2.75, 3.05) is 18.9 Å². The van der Waals surface area contributed by atoms with E-state index in [1.54, 1.807) is 0 Å². The molecule has 188 valence electrons. The number of rotatable bonds is 9. The lowest BCUT2D eigenvalue weighted by molar-refractivity contribution is -0.174. The molecule has 34 heavy (non-hydrogen) atoms. The Morgan fingerprint density at radius 2 is 2.00 bits per heavy atom. The minimum Gasteiger partial charge on any atom is -0.481 e. The Morgan fingerprint density at radius 3 is 2.59 bits per heavy atom. The Morgan fingerprint density at radius 1 is 1.32 bits per heavy atom. The second kappa shape index (κ2) is 9.46. The van der Waals surface area contributed by atoms with Crippen LogP contribution in [0, 0.1) is 6.08 Å². The van der Waals surface area contributed by atoms with Gasteiger partial charge in [0.05, 0.1) is 26.0 Å². The van der Waals surface area contributed by atoms with Crippen molar-refractivity contribution in [2.24, 2.45) is 0 Å². The van der Waals surface area contributed by atoms with E-state index in [-0.39, 0.29) is 23.6 Å². The largest absolute Gasteiger partial charge is 0.481 e. The number of halogens is 1. The lowest BCUT2D eigenvalue weighted by atomic mass is 10.1. The van der Waals surface area contributed by atoms with Crippen LogP contribution in [0.15, 0.2) is 6.33 Å². The lowest BCUT2D eigenvalue weighted by Gasteiger charge is -2.31. The number of ether oxygens (including phenoxy) is 3. The van der Waals surface area contributed by atoms with Gasteiger partial charge in [-0.15, -0.1) is 0 Å². The van der Waals surface area contributed by atoms with Crippen LogP contribution in [0.4, 0.5) is 10.2 Å². The van der Waals surface area contributed by atoms with Crippen LogP contribution in [0.3, 0.4) is 0 Å². The highest BCUT2D eigenvalue weighted by atomic mass is 31.2. The number of carbonyl (C=O) groups is 2. The summed E-state index contributed by atoms with van der Waals surface area (Å²) in [5.41, 5.74) is 5.36. The topological polar surface area (TPSA) is 250 Å². The maximum Gasteiger partial charge on any atom is 0.369 e. The van der Waals surface area contributed by atoms with Crippen LogP contribution in [-0.2, 0) is 28.4 Å². The molecule has 1 aliphatic rings. The highest BCUT2D eigenvalue weighted by Crippen LogP contribution is 2.54. The molecule has 3 rings (SSSR count). The minimum atomic E-state index is -5.61. The number of anilines is 1. The maximum absolute atomic E-state index is 13.6. The van der Waals surface area contributed by atoms with E-state index in [4.69, 9.17) is 20.3 Å². The number of aliphatic hydroxyl groups is 2. The number of carboxylic acids is 1. The molecule has 0 aromatic carbocycles. The molecule has 0 saturated carbocycles. The maximum atomic E-state index is 13.6. The molecule has 1 saturated heterocycles. The van der Waals surface area contributed by atoms with Gasteiger partial charge in [-0.25, -0.2) is 9.78 Å². The molecular weight excluding hydrogens is 488 g/mol. The van der Waals surface area contributed by atoms with Crippen LogP contribution in [0.5, 0.6) is 0 Å². The monoisotopic (exact) mass is 509 g/mol. The van der Waals surface area contributed by atoms with Crippen LogP contribution in [0.25, 0.3) is 11.2 Å². The van der Waals surface area contributed by atoms with Crippen molar-refractivity contribution in [3.05, 3.63) is 12.4 Å². The predicted octanol–water partition coefficient (Wildman–Crippen LogP) is -1.90. The van der Waals surface area contributed by atoms with Crippen molar-refractivity contribution in [2.45, 2.75) is 43.2 Å². The van der Waals surface area contributed by atoms with Crippen LogP contribution < -0.4 is 5.73 Å². The van der Waals surface area contributed by atoms with Gasteiger partial charge in [-0.05, 0) is 6.92 Å². The lowest BCUT2D eigenvalue weighted by Crippen LogP contribution is -2.47. The molecule has 2 aromatic rings. The number of aliphatic carboxylic acids is 1. The second-order valence-electron chi connectivity index (χ2n) is 7.18. The molecular formula is C16H21FN5O11P. The van der Waals surface area contributed by atoms with Crippen molar-refractivity contribution in [3.8, 4) is 0 Å². The second-order valence-corrected chi connectivity index (χ2v) is 8.99. The molecule has 1 fully saturated rings. The van der Waals surface area contributed by atoms with E-state index in [0.29, 0.717) is 0 Å². The Bertz CT molecular complexity index is 1140. The van der Waals surface area contributed by atoms with Gasteiger partial charge in [0, 0.05) is 0 Å². The van der Waals surface area contributed by atoms with Crippen molar-refractivity contribution in [1.29, 1.82) is 0 Å². The van der Waals surface area contributed by atoms with E-state index < -0.39 is 68.5 Å². The summed E-state index contributed by atoms with van der Waals surface area (Å²) in [6, 6.07) is 0. The third-order valence-corrected chi connectivity index (χ3v) is 6.39. The summed E-state index contributed by atoms with van der Waals surface area (Å²) in [4.78, 5) is 53.8. The molecule has 0 spiro atoms. The van der Waals surface area contributed by atoms with Crippen LogP contribution >= 0.6 is 7.60 Å². The fraction of sp³-hybridized carbons (Fsp3) is 0.562. The van der Waals surface area contributed by atoms with E-state index in [2.05, 4.69) is 19.7 Å². The third kappa shape index (κ3) is 4.58. The number of hydrogen-bond acceptors (Lipinski definition) is 12. The SMILES string of the molecule is CCOC(=O)[C@](CC(=O)O)(OC[C@H]1O[C@@H](n2cnc3c(N)nc(F)nc32)[C@H](O)[C@@H]1O)P(=O)(O)O. The van der Waals surface area contributed by atoms with Gasteiger partial charge in [0.2, 0.25) is 0 Å². The zero-order valence-electron chi connectivity index (χ0n) is 17.4. The van der Waals surface area contributed by atoms with E-state index in [1.807, 2.05) is 0 Å². The van der Waals surface area contributed by atoms with Crippen molar-refractivity contribution in [1.82, 2.24) is 19.5 Å². The number of imidazole rings is 1. The van der Waals surface area contributed by atoms with Gasteiger partial charge in [-0.1, -0.05) is 0 Å². The Kier molecular flexibility index (Phi) is 7.18. The number of nitrogens with two attached hydrogens (primary N) is 1. The summed E-state index contributed by atoms with van der Waals surface area (Å²) in [5, 5.41) is 26.7. The Hall–Kier alpha value is -2.79. The first-order valence-electron chi connectivity index (χ1n) is 9.58. The number of aliphatic hydroxyl groups excluding tert-OH is 2. The fourth-order valence-electron chi connectivity index (χ4n) is 3.35. The zero-order chi connectivity index (χ0) is 25.4. The molecule has 2 aromatic heterocycles. The van der Waals surface area contributed by atoms with Crippen LogP contribution in [-0.4, -0.2) is 93.4 Å². The molecule has 1 aliphatic heterocycles. The molecule has 0 amide bonds. The van der Waals surface area contributed by atoms with Crippen LogP contribution in [0.1, 0.15) is 19.6 Å². The molecule has 0 bridgehead atoms. The number of hydrogen-bond donors (Lipinski definition) is 6. The average Bonchev–Trinajstić information content (AvgIpc) is 3.26. The summed E-state index contributed by atoms with van der Waals surface area (Å²) >= 11 is 0. The number of nitrogens with zero attached hydrogens (tertiary/aromatic N) is 4. The van der Waals surface area contributed by atoms with Gasteiger partial charge in [-0.3, -0.25) is 13.9 Å². The Labute approximate surface area is 189 Å². The van der Waals surface area contributed by atoms with Gasteiger partial charge >= 0.3 is 25.6 Å². The molecule has 7 N–H and O–H groups in total. The molecule has 18 heteroatoms. The molecule has 0 aliphatic carbocycles. The van der Waals surface area contributed by atoms with Crippen molar-refractivity contribution >= 4 is 36.5 Å². The first-order chi connectivity index (χ1) is 15.8. The molecule has 0 radical (unpaired) electrons. The quantitative estimate of drug-likeness (QED) is 0.123. The van der Waals surface area contributed by atoms with E-state index >= 15 is 0 Å². The van der Waals surface area contributed by atoms with Crippen molar-refractivity contribution in [3.63, 3.8) is 0 Å². The minimum absolute atomic E-state index is 0.0318. The first-order valence-corrected chi connectivity index (χ1v) is 11.2. The summed E-state index contributed by atoms with van der Waals surface area (Å²) in [7, 11) is -5.61. The summed E-state index contributed by atoms with van der Waals surface area (Å²) < 4.78 is 41.9. The highest BCUT2D eigenvalue weighted by Gasteiger charge is 2.59. The van der Waals surface area contributed by atoms with Gasteiger partial charge in [0.15, 0.2) is 23.2 Å². The summed E-state index contributed by atoms with van der Waals surface area (Å²) in [6.45, 7) is 0.0225. The van der Waals surface area contributed by atoms with Gasteiger partial charge < -0.3 is 45.1 Å². The molecule has 5 atom stereocenters. The first kappa shape index (κ1) is 25.8. The number of fused-ring (bicyclic) bond motifs is 1. The fourth-order valence-corrected chi connectivity index (χ4v) is 4.24. The smallest absolute Gasteiger partial charge is 0.369 e. The standard InChI is InChI=1S/C16H21FN5O11P/c1-2-31-14(27)16(3-7(23)24,34(28,29)30)32-4-6-9(25)10(26)13(33-6)22-5-19-8-11(18)20-15(17)21-12(8)22/h5-6,9-10,13,25-26H,2-4H2,1H3,(H,23,24)(H2,18,20,21)(H2,28,29,30)/t6-,9-,10-,13-,16-/m1/s1. The van der Waals surface area contributed by atoms with Crippen LogP contribution in [0.2, 0.25) is 0 Å². The zero-order valence-corrected chi connectivity index (χ0v) is 18.3. The summed E-state index contributed by atoms with van der Waals surface area (Å²) in [5.74, 6) is -3.73. The van der Waals surface area contributed by atoms with Crippen molar-refractivity contribution < 1.29 is 57.9 Å². The van der Waals surface area contributed by atoms with Gasteiger partial charge in [-0.2, -0.15) is 14.4 Å². The Balaban J connectivity index is 1.89.